The lowest BCUT2D eigenvalue weighted by atomic mass is 10.1. The third-order valence-corrected chi connectivity index (χ3v) is 3.65. The Morgan fingerprint density at radius 2 is 1.95 bits per heavy atom. The van der Waals surface area contributed by atoms with Gasteiger partial charge in [-0.1, -0.05) is 23.2 Å². The van der Waals surface area contributed by atoms with E-state index in [2.05, 4.69) is 9.97 Å². The molecular weight excluding hydrogens is 281 g/mol. The van der Waals surface area contributed by atoms with Gasteiger partial charge in [0.05, 0.1) is 11.2 Å². The Kier molecular flexibility index (Phi) is 2.88. The highest BCUT2D eigenvalue weighted by atomic mass is 35.5. The van der Waals surface area contributed by atoms with Crippen molar-refractivity contribution in [3.63, 3.8) is 0 Å². The van der Waals surface area contributed by atoms with Gasteiger partial charge in [-0.05, 0) is 42.8 Å². The molecule has 0 saturated carbocycles. The fourth-order valence-corrected chi connectivity index (χ4v) is 2.38. The van der Waals surface area contributed by atoms with Crippen LogP contribution in [0.5, 0.6) is 0 Å². The van der Waals surface area contributed by atoms with Gasteiger partial charge >= 0.3 is 0 Å². The Labute approximate surface area is 120 Å². The van der Waals surface area contributed by atoms with Gasteiger partial charge in [0.25, 0.3) is 0 Å². The summed E-state index contributed by atoms with van der Waals surface area (Å²) in [5, 5.41) is 1.33. The van der Waals surface area contributed by atoms with Crippen molar-refractivity contribution in [3.8, 4) is 11.4 Å². The van der Waals surface area contributed by atoms with Gasteiger partial charge in [0, 0.05) is 15.6 Å². The summed E-state index contributed by atoms with van der Waals surface area (Å²) in [5.74, 6) is 0.753. The molecule has 0 saturated heterocycles. The maximum Gasteiger partial charge on any atom is 0.138 e. The van der Waals surface area contributed by atoms with Gasteiger partial charge in [-0.2, -0.15) is 0 Å². The maximum atomic E-state index is 6.02. The smallest absolute Gasteiger partial charge is 0.138 e. The summed E-state index contributed by atoms with van der Waals surface area (Å²) < 4.78 is 0. The van der Waals surface area contributed by atoms with Gasteiger partial charge in [-0.3, -0.25) is 0 Å². The van der Waals surface area contributed by atoms with Gasteiger partial charge in [0.1, 0.15) is 11.3 Å². The van der Waals surface area contributed by atoms with Gasteiger partial charge < -0.3 is 10.7 Å². The molecule has 0 spiro atoms. The lowest BCUT2D eigenvalue weighted by Gasteiger charge is -2.00. The number of anilines is 1. The van der Waals surface area contributed by atoms with Crippen molar-refractivity contribution in [2.24, 2.45) is 0 Å². The van der Waals surface area contributed by atoms with Crippen molar-refractivity contribution in [2.75, 3.05) is 5.73 Å². The molecule has 3 N–H and O–H groups in total. The van der Waals surface area contributed by atoms with E-state index in [-0.39, 0.29) is 0 Å². The van der Waals surface area contributed by atoms with Crippen molar-refractivity contribution in [2.45, 2.75) is 6.92 Å². The molecule has 0 aliphatic rings. The minimum atomic E-state index is 0.565. The zero-order chi connectivity index (χ0) is 13.6. The van der Waals surface area contributed by atoms with Crippen LogP contribution in [0.15, 0.2) is 30.3 Å². The third kappa shape index (κ3) is 2.15. The predicted molar refractivity (Wildman–Crippen MR) is 80.7 cm³/mol. The largest absolute Gasteiger partial charge is 0.397 e. The number of nitrogens with zero attached hydrogens (tertiary/aromatic N) is 1. The fraction of sp³-hybridized carbons (Fsp3) is 0.0714. The number of nitrogens with two attached hydrogens (primary N) is 1. The van der Waals surface area contributed by atoms with Gasteiger partial charge in [-0.15, -0.1) is 0 Å². The number of hydrogen-bond donors (Lipinski definition) is 2. The third-order valence-electron chi connectivity index (χ3n) is 3.01. The zero-order valence-corrected chi connectivity index (χ0v) is 11.7. The number of aromatic nitrogens is 2. The molecule has 0 amide bonds. The number of benzene rings is 2. The Hall–Kier alpha value is -1.71. The highest BCUT2D eigenvalue weighted by molar-refractivity contribution is 6.32. The first kappa shape index (κ1) is 12.3. The molecular formula is C14H11Cl2N3. The molecule has 1 aromatic heterocycles. The van der Waals surface area contributed by atoms with Crippen molar-refractivity contribution >= 4 is 39.9 Å². The first-order valence-corrected chi connectivity index (χ1v) is 6.51. The average Bonchev–Trinajstić information content (AvgIpc) is 2.76. The highest BCUT2D eigenvalue weighted by Gasteiger charge is 2.09. The molecule has 1 heterocycles. The number of nitrogens with one attached hydrogen (secondary N) is 1. The van der Waals surface area contributed by atoms with E-state index in [1.54, 1.807) is 6.07 Å². The normalized spacial score (nSPS) is 11.1. The Morgan fingerprint density at radius 3 is 2.68 bits per heavy atom. The predicted octanol–water partition coefficient (Wildman–Crippen LogP) is 4.43. The number of aryl methyl sites for hydroxylation is 1. The molecule has 2 aromatic carbocycles. The van der Waals surface area contributed by atoms with Crippen molar-refractivity contribution in [1.29, 1.82) is 0 Å². The van der Waals surface area contributed by atoms with Crippen LogP contribution in [-0.4, -0.2) is 9.97 Å². The Balaban J connectivity index is 2.20. The average molecular weight is 292 g/mol. The van der Waals surface area contributed by atoms with E-state index in [4.69, 9.17) is 28.9 Å². The number of fused-ring (bicyclic) bond motifs is 1. The lowest BCUT2D eigenvalue weighted by Crippen LogP contribution is -1.86. The summed E-state index contributed by atoms with van der Waals surface area (Å²) in [7, 11) is 0. The summed E-state index contributed by atoms with van der Waals surface area (Å²) in [6, 6.07) is 9.27. The van der Waals surface area contributed by atoms with Gasteiger partial charge in [0.15, 0.2) is 0 Å². The second-order valence-electron chi connectivity index (χ2n) is 4.44. The van der Waals surface area contributed by atoms with Crippen LogP contribution in [0.4, 0.5) is 5.69 Å². The molecule has 0 bridgehead atoms. The van der Waals surface area contributed by atoms with Crippen molar-refractivity contribution < 1.29 is 0 Å². The number of imidazole rings is 1. The number of rotatable bonds is 1. The maximum absolute atomic E-state index is 6.02. The van der Waals surface area contributed by atoms with E-state index >= 15 is 0 Å². The van der Waals surface area contributed by atoms with Crippen molar-refractivity contribution in [3.05, 3.63) is 45.9 Å². The zero-order valence-electron chi connectivity index (χ0n) is 10.2. The highest BCUT2D eigenvalue weighted by Crippen LogP contribution is 2.29. The van der Waals surface area contributed by atoms with Gasteiger partial charge in [0.2, 0.25) is 0 Å². The molecule has 96 valence electrons. The number of nitrogen functional groups attached to an aromatic ring is 1. The first-order chi connectivity index (χ1) is 9.04. The molecule has 0 unspecified atom stereocenters. The molecule has 0 atom stereocenters. The summed E-state index contributed by atoms with van der Waals surface area (Å²) in [6.07, 6.45) is 0. The van der Waals surface area contributed by atoms with Crippen LogP contribution in [0.1, 0.15) is 5.56 Å². The molecule has 3 rings (SSSR count). The summed E-state index contributed by atoms with van der Waals surface area (Å²) >= 11 is 12.0. The molecule has 3 nitrogen and oxygen atoms in total. The number of H-pyrrole nitrogens is 1. The topological polar surface area (TPSA) is 54.7 Å². The monoisotopic (exact) mass is 291 g/mol. The van der Waals surface area contributed by atoms with E-state index in [1.165, 1.54) is 0 Å². The van der Waals surface area contributed by atoms with Crippen molar-refractivity contribution in [1.82, 2.24) is 9.97 Å². The van der Waals surface area contributed by atoms with Crippen LogP contribution in [0.2, 0.25) is 10.0 Å². The number of aromatic amines is 1. The molecule has 0 aliphatic carbocycles. The van der Waals surface area contributed by atoms with E-state index in [0.717, 1.165) is 33.0 Å². The summed E-state index contributed by atoms with van der Waals surface area (Å²) in [6.45, 7) is 1.96. The number of halogens is 2. The van der Waals surface area contributed by atoms with Crippen LogP contribution >= 0.6 is 23.2 Å². The van der Waals surface area contributed by atoms with E-state index in [9.17, 15) is 0 Å². The first-order valence-electron chi connectivity index (χ1n) is 5.76. The second-order valence-corrected chi connectivity index (χ2v) is 5.28. The Morgan fingerprint density at radius 1 is 1.16 bits per heavy atom. The lowest BCUT2D eigenvalue weighted by molar-refractivity contribution is 1.32. The van der Waals surface area contributed by atoms with Gasteiger partial charge in [-0.25, -0.2) is 4.98 Å². The van der Waals surface area contributed by atoms with E-state index in [0.29, 0.717) is 10.7 Å². The SMILES string of the molecule is Cc1cc(-c2nc3c(N)cc(Cl)cc3[nH]2)ccc1Cl. The minimum absolute atomic E-state index is 0.565. The minimum Gasteiger partial charge on any atom is -0.397 e. The molecule has 0 aliphatic heterocycles. The van der Waals surface area contributed by atoms with E-state index in [1.807, 2.05) is 31.2 Å². The van der Waals surface area contributed by atoms with Crippen LogP contribution in [0.25, 0.3) is 22.4 Å². The molecule has 0 radical (unpaired) electrons. The fourth-order valence-electron chi connectivity index (χ4n) is 2.04. The van der Waals surface area contributed by atoms with Crippen LogP contribution in [-0.2, 0) is 0 Å². The summed E-state index contributed by atoms with van der Waals surface area (Å²) in [5.41, 5.74) is 10.0. The second kappa shape index (κ2) is 4.44. The summed E-state index contributed by atoms with van der Waals surface area (Å²) in [4.78, 5) is 7.73. The molecule has 5 heteroatoms. The number of hydrogen-bond acceptors (Lipinski definition) is 2. The van der Waals surface area contributed by atoms with Crippen LogP contribution in [0.3, 0.4) is 0 Å². The molecule has 19 heavy (non-hydrogen) atoms. The standard InChI is InChI=1S/C14H11Cl2N3/c1-7-4-8(2-3-10(7)16)14-18-12-6-9(15)5-11(17)13(12)19-14/h2-6H,17H2,1H3,(H,18,19). The van der Waals surface area contributed by atoms with Crippen LogP contribution < -0.4 is 5.73 Å². The molecule has 3 aromatic rings. The van der Waals surface area contributed by atoms with Crippen LogP contribution in [0, 0.1) is 6.92 Å². The van der Waals surface area contributed by atoms with E-state index < -0.39 is 0 Å². The Bertz CT molecular complexity index is 778. The quantitative estimate of drug-likeness (QED) is 0.652. The molecule has 0 fully saturated rings.